The molecule has 1 aliphatic heterocycles. The van der Waals surface area contributed by atoms with Gasteiger partial charge in [0.1, 0.15) is 0 Å². The number of nitrogens with zero attached hydrogens (tertiary/aromatic N) is 4. The molecular weight excluding hydrogens is 414 g/mol. The van der Waals surface area contributed by atoms with E-state index >= 15 is 0 Å². The summed E-state index contributed by atoms with van der Waals surface area (Å²) in [5.41, 5.74) is 3.02. The summed E-state index contributed by atoms with van der Waals surface area (Å²) < 4.78 is 27.1. The molecule has 0 N–H and O–H groups in total. The van der Waals surface area contributed by atoms with Gasteiger partial charge in [0.25, 0.3) is 11.8 Å². The number of amides is 1. The summed E-state index contributed by atoms with van der Waals surface area (Å²) in [5, 5.41) is 3.96. The van der Waals surface area contributed by atoms with Crippen molar-refractivity contribution in [3.8, 4) is 10.6 Å². The average Bonchev–Trinajstić information content (AvgIpc) is 3.26. The highest BCUT2D eigenvalue weighted by molar-refractivity contribution is 7.15. The maximum Gasteiger partial charge on any atom is 0.265 e. The van der Waals surface area contributed by atoms with Crippen LogP contribution >= 0.6 is 22.7 Å². The number of carbonyl (C=O) groups excluding carboxylic acids is 1. The second-order valence-electron chi connectivity index (χ2n) is 7.18. The third kappa shape index (κ3) is 4.51. The van der Waals surface area contributed by atoms with E-state index in [1.165, 1.54) is 11.1 Å². The molecule has 0 spiro atoms. The summed E-state index contributed by atoms with van der Waals surface area (Å²) in [6.45, 7) is 3.79. The van der Waals surface area contributed by atoms with Gasteiger partial charge in [-0.2, -0.15) is 0 Å². The van der Waals surface area contributed by atoms with E-state index in [1.807, 2.05) is 19.2 Å². The molecule has 4 heterocycles. The predicted octanol–water partition coefficient (Wildman–Crippen LogP) is 4.74. The third-order valence-corrected chi connectivity index (χ3v) is 6.72. The molecule has 1 aliphatic rings. The topological polar surface area (TPSA) is 59.0 Å². The van der Waals surface area contributed by atoms with Gasteiger partial charge in [-0.15, -0.1) is 22.7 Å². The summed E-state index contributed by atoms with van der Waals surface area (Å²) in [6.07, 6.45) is 2.17. The molecule has 0 atom stereocenters. The van der Waals surface area contributed by atoms with E-state index in [0.717, 1.165) is 32.0 Å². The Morgan fingerprint density at radius 3 is 2.76 bits per heavy atom. The molecule has 1 saturated heterocycles. The Morgan fingerprint density at radius 2 is 2.10 bits per heavy atom. The van der Waals surface area contributed by atoms with Crippen LogP contribution in [0.5, 0.6) is 0 Å². The van der Waals surface area contributed by atoms with Gasteiger partial charge in [0.05, 0.1) is 38.4 Å². The van der Waals surface area contributed by atoms with Crippen LogP contribution < -0.4 is 0 Å². The number of pyridine rings is 1. The molecule has 0 aromatic carbocycles. The van der Waals surface area contributed by atoms with Gasteiger partial charge in [-0.25, -0.2) is 18.7 Å². The number of hydrogen-bond acceptors (Lipinski definition) is 6. The summed E-state index contributed by atoms with van der Waals surface area (Å²) in [4.78, 5) is 28.3. The monoisotopic (exact) mass is 434 g/mol. The van der Waals surface area contributed by atoms with Crippen LogP contribution in [0.15, 0.2) is 23.7 Å². The molecule has 0 bridgehead atoms. The van der Waals surface area contributed by atoms with Crippen molar-refractivity contribution in [2.24, 2.45) is 0 Å². The highest BCUT2D eigenvalue weighted by Crippen LogP contribution is 2.31. The Bertz CT molecular complexity index is 1030. The highest BCUT2D eigenvalue weighted by atomic mass is 32.1. The van der Waals surface area contributed by atoms with Gasteiger partial charge in [0, 0.05) is 36.7 Å². The molecule has 9 heteroatoms. The number of piperidine rings is 1. The first-order chi connectivity index (χ1) is 13.8. The van der Waals surface area contributed by atoms with Crippen molar-refractivity contribution in [3.63, 3.8) is 0 Å². The first-order valence-electron chi connectivity index (χ1n) is 9.31. The minimum Gasteiger partial charge on any atom is -0.333 e. The molecule has 0 radical (unpaired) electrons. The van der Waals surface area contributed by atoms with Crippen LogP contribution in [0.25, 0.3) is 10.6 Å². The van der Waals surface area contributed by atoms with Gasteiger partial charge < -0.3 is 4.90 Å². The van der Waals surface area contributed by atoms with Gasteiger partial charge in [-0.1, -0.05) is 0 Å². The van der Waals surface area contributed by atoms with Crippen LogP contribution in [0, 0.1) is 13.8 Å². The van der Waals surface area contributed by atoms with Crippen molar-refractivity contribution in [3.05, 3.63) is 50.7 Å². The van der Waals surface area contributed by atoms with E-state index in [9.17, 15) is 13.6 Å². The molecule has 3 aromatic rings. The number of aromatic nitrogens is 3. The molecule has 0 saturated carbocycles. The molecule has 1 fully saturated rings. The van der Waals surface area contributed by atoms with Crippen molar-refractivity contribution in [2.75, 3.05) is 13.1 Å². The summed E-state index contributed by atoms with van der Waals surface area (Å²) in [5.74, 6) is -3.20. The first-order valence-corrected chi connectivity index (χ1v) is 11.0. The lowest BCUT2D eigenvalue weighted by atomic mass is 10.1. The van der Waals surface area contributed by atoms with E-state index in [4.69, 9.17) is 0 Å². The molecule has 3 aromatic heterocycles. The lowest BCUT2D eigenvalue weighted by Gasteiger charge is -2.32. The number of aryl methyl sites for hydroxylation is 2. The molecule has 1 amide bonds. The fraction of sp³-hybridized carbons (Fsp3) is 0.400. The van der Waals surface area contributed by atoms with Gasteiger partial charge in [-0.05, 0) is 32.4 Å². The Hall–Kier alpha value is -2.26. The summed E-state index contributed by atoms with van der Waals surface area (Å²) in [6, 6.07) is 3.42. The van der Waals surface area contributed by atoms with Crippen LogP contribution in [0.4, 0.5) is 8.78 Å². The van der Waals surface area contributed by atoms with Crippen molar-refractivity contribution >= 4 is 28.6 Å². The van der Waals surface area contributed by atoms with E-state index < -0.39 is 18.4 Å². The molecule has 29 heavy (non-hydrogen) atoms. The number of rotatable bonds is 4. The maximum absolute atomic E-state index is 13.6. The Balaban J connectivity index is 1.44. The molecule has 5 nitrogen and oxygen atoms in total. The summed E-state index contributed by atoms with van der Waals surface area (Å²) in [7, 11) is 0. The zero-order valence-corrected chi connectivity index (χ0v) is 17.7. The standard InChI is InChI=1S/C20H20F2N4OS2/c1-12-18(29-13(2)24-12)16-10-28-17(25-16)8-15-5-4-14(9-23-15)19(27)26-7-3-6-20(21,22)11-26/h4-5,9-10H,3,6-8,11H2,1-2H3. The Labute approximate surface area is 175 Å². The summed E-state index contributed by atoms with van der Waals surface area (Å²) >= 11 is 3.19. The van der Waals surface area contributed by atoms with Crippen LogP contribution in [0.2, 0.25) is 0 Å². The van der Waals surface area contributed by atoms with Crippen molar-refractivity contribution < 1.29 is 13.6 Å². The van der Waals surface area contributed by atoms with Gasteiger partial charge in [0.2, 0.25) is 0 Å². The van der Waals surface area contributed by atoms with Crippen molar-refractivity contribution in [1.82, 2.24) is 19.9 Å². The first kappa shape index (κ1) is 20.0. The van der Waals surface area contributed by atoms with Crippen molar-refractivity contribution in [2.45, 2.75) is 39.0 Å². The minimum absolute atomic E-state index is 0.162. The zero-order valence-electron chi connectivity index (χ0n) is 16.1. The molecule has 0 aliphatic carbocycles. The van der Waals surface area contributed by atoms with E-state index in [0.29, 0.717) is 24.9 Å². The van der Waals surface area contributed by atoms with E-state index in [1.54, 1.807) is 34.8 Å². The van der Waals surface area contributed by atoms with Crippen LogP contribution in [-0.2, 0) is 6.42 Å². The maximum atomic E-state index is 13.6. The number of alkyl halides is 2. The second-order valence-corrected chi connectivity index (χ2v) is 9.32. The van der Waals surface area contributed by atoms with Crippen LogP contribution in [0.1, 0.15) is 44.6 Å². The number of hydrogen-bond donors (Lipinski definition) is 0. The van der Waals surface area contributed by atoms with E-state index in [2.05, 4.69) is 15.0 Å². The number of halogens is 2. The predicted molar refractivity (Wildman–Crippen MR) is 110 cm³/mol. The normalized spacial score (nSPS) is 16.2. The zero-order chi connectivity index (χ0) is 20.6. The third-order valence-electron chi connectivity index (χ3n) is 4.77. The fourth-order valence-electron chi connectivity index (χ4n) is 3.40. The van der Waals surface area contributed by atoms with Gasteiger partial charge in [0.15, 0.2) is 0 Å². The number of carbonyl (C=O) groups is 1. The smallest absolute Gasteiger partial charge is 0.265 e. The number of thiazole rings is 2. The van der Waals surface area contributed by atoms with Crippen molar-refractivity contribution in [1.29, 1.82) is 0 Å². The Morgan fingerprint density at radius 1 is 1.28 bits per heavy atom. The lowest BCUT2D eigenvalue weighted by molar-refractivity contribution is -0.0560. The van der Waals surface area contributed by atoms with Crippen LogP contribution in [0.3, 0.4) is 0 Å². The minimum atomic E-state index is -2.81. The average molecular weight is 435 g/mol. The Kier molecular flexibility index (Phi) is 5.44. The quantitative estimate of drug-likeness (QED) is 0.595. The largest absolute Gasteiger partial charge is 0.333 e. The SMILES string of the molecule is Cc1nc(C)c(-c2csc(Cc3ccc(C(=O)N4CCCC(F)(F)C4)cn3)n2)s1. The van der Waals surface area contributed by atoms with Crippen LogP contribution in [-0.4, -0.2) is 44.8 Å². The molecule has 152 valence electrons. The fourth-order valence-corrected chi connectivity index (χ4v) is 5.15. The van der Waals surface area contributed by atoms with Gasteiger partial charge in [-0.3, -0.25) is 9.78 Å². The molecular formula is C20H20F2N4OS2. The lowest BCUT2D eigenvalue weighted by Crippen LogP contribution is -2.45. The number of likely N-dealkylation sites (tertiary alicyclic amines) is 1. The molecule has 0 unspecified atom stereocenters. The van der Waals surface area contributed by atoms with Gasteiger partial charge >= 0.3 is 0 Å². The van der Waals surface area contributed by atoms with E-state index in [-0.39, 0.29) is 6.42 Å². The second kappa shape index (κ2) is 7.87. The highest BCUT2D eigenvalue weighted by Gasteiger charge is 2.37. The molecule has 4 rings (SSSR count).